The van der Waals surface area contributed by atoms with Crippen LogP contribution in [0, 0.1) is 11.8 Å². The standard InChI is InChI=1S/C27H29NO3/c1-18(22-15-8-12-19-9-2-5-13-23(19)22)26(29)28-25-16-7-4-11-21(25)17-20-10-3-6-14-24(20)27(30)31/h2,4-5,7-9,11-13,15-16,18,20,24H,3,6,10,14,17H2,1H3,(H,28,29)(H,30,31)/t18?,20?,24-/m0/s1. The largest absolute Gasteiger partial charge is 0.481 e. The Hall–Kier alpha value is -3.14. The molecule has 0 aliphatic heterocycles. The third-order valence-electron chi connectivity index (χ3n) is 6.67. The van der Waals surface area contributed by atoms with Crippen molar-refractivity contribution in [2.75, 3.05) is 5.32 Å². The SMILES string of the molecule is CC(C(=O)Nc1ccccc1CC1CCCC[C@@H]1C(=O)O)c1cccc2ccccc12. The molecule has 0 bridgehead atoms. The number of anilines is 1. The van der Waals surface area contributed by atoms with Crippen LogP contribution in [0.5, 0.6) is 0 Å². The lowest BCUT2D eigenvalue weighted by molar-refractivity contribution is -0.144. The number of nitrogens with one attached hydrogen (secondary N) is 1. The summed E-state index contributed by atoms with van der Waals surface area (Å²) >= 11 is 0. The van der Waals surface area contributed by atoms with Crippen LogP contribution in [0.2, 0.25) is 0 Å². The summed E-state index contributed by atoms with van der Waals surface area (Å²) in [6.07, 6.45) is 4.39. The Labute approximate surface area is 183 Å². The molecule has 1 fully saturated rings. The molecular formula is C27H29NO3. The number of hydrogen-bond donors (Lipinski definition) is 2. The zero-order valence-corrected chi connectivity index (χ0v) is 17.9. The predicted octanol–water partition coefficient (Wildman–Crippen LogP) is 6.02. The fraction of sp³-hybridized carbons (Fsp3) is 0.333. The fourth-order valence-corrected chi connectivity index (χ4v) is 4.89. The quantitative estimate of drug-likeness (QED) is 0.518. The van der Waals surface area contributed by atoms with Crippen LogP contribution in [0.15, 0.2) is 66.7 Å². The van der Waals surface area contributed by atoms with Gasteiger partial charge in [0.25, 0.3) is 0 Å². The number of carbonyl (C=O) groups is 2. The maximum absolute atomic E-state index is 13.2. The minimum atomic E-state index is -0.698. The molecule has 4 heteroatoms. The Bertz CT molecular complexity index is 1090. The lowest BCUT2D eigenvalue weighted by atomic mass is 9.76. The number of amides is 1. The van der Waals surface area contributed by atoms with Crippen molar-refractivity contribution in [1.82, 2.24) is 0 Å². The van der Waals surface area contributed by atoms with E-state index in [1.165, 1.54) is 0 Å². The zero-order chi connectivity index (χ0) is 21.8. The van der Waals surface area contributed by atoms with Crippen molar-refractivity contribution < 1.29 is 14.7 Å². The molecule has 1 saturated carbocycles. The summed E-state index contributed by atoms with van der Waals surface area (Å²) in [6.45, 7) is 1.93. The van der Waals surface area contributed by atoms with Crippen molar-refractivity contribution >= 4 is 28.3 Å². The highest BCUT2D eigenvalue weighted by atomic mass is 16.4. The maximum Gasteiger partial charge on any atom is 0.306 e. The second-order valence-corrected chi connectivity index (χ2v) is 8.63. The highest BCUT2D eigenvalue weighted by molar-refractivity contribution is 5.99. The van der Waals surface area contributed by atoms with E-state index in [-0.39, 0.29) is 23.7 Å². The number of para-hydroxylation sites is 1. The van der Waals surface area contributed by atoms with Gasteiger partial charge in [0.1, 0.15) is 0 Å². The average Bonchev–Trinajstić information content (AvgIpc) is 2.79. The van der Waals surface area contributed by atoms with Crippen molar-refractivity contribution in [3.63, 3.8) is 0 Å². The molecule has 0 radical (unpaired) electrons. The van der Waals surface area contributed by atoms with Gasteiger partial charge in [-0.1, -0.05) is 73.5 Å². The Kier molecular flexibility index (Phi) is 6.36. The van der Waals surface area contributed by atoms with Crippen molar-refractivity contribution in [3.8, 4) is 0 Å². The molecule has 31 heavy (non-hydrogen) atoms. The zero-order valence-electron chi connectivity index (χ0n) is 17.9. The number of hydrogen-bond acceptors (Lipinski definition) is 2. The first-order valence-electron chi connectivity index (χ1n) is 11.1. The molecule has 2 N–H and O–H groups in total. The smallest absolute Gasteiger partial charge is 0.306 e. The number of benzene rings is 3. The van der Waals surface area contributed by atoms with E-state index in [9.17, 15) is 14.7 Å². The van der Waals surface area contributed by atoms with Crippen LogP contribution >= 0.6 is 0 Å². The second-order valence-electron chi connectivity index (χ2n) is 8.63. The Morgan fingerprint density at radius 1 is 0.968 bits per heavy atom. The van der Waals surface area contributed by atoms with Gasteiger partial charge in [-0.05, 0) is 60.1 Å². The molecule has 1 aliphatic carbocycles. The third-order valence-corrected chi connectivity index (χ3v) is 6.67. The highest BCUT2D eigenvalue weighted by Gasteiger charge is 2.31. The first-order valence-corrected chi connectivity index (χ1v) is 11.1. The van der Waals surface area contributed by atoms with E-state index < -0.39 is 5.97 Å². The minimum absolute atomic E-state index is 0.0535. The molecule has 2 unspecified atom stereocenters. The van der Waals surface area contributed by atoms with Gasteiger partial charge >= 0.3 is 5.97 Å². The summed E-state index contributed by atoms with van der Waals surface area (Å²) in [4.78, 5) is 24.9. The Morgan fingerprint density at radius 2 is 1.68 bits per heavy atom. The second kappa shape index (κ2) is 9.34. The van der Waals surface area contributed by atoms with Crippen LogP contribution in [0.1, 0.15) is 49.7 Å². The fourth-order valence-electron chi connectivity index (χ4n) is 4.89. The van der Waals surface area contributed by atoms with Gasteiger partial charge in [-0.25, -0.2) is 0 Å². The normalized spacial score (nSPS) is 19.6. The summed E-state index contributed by atoms with van der Waals surface area (Å²) in [5, 5.41) is 15.0. The molecule has 160 valence electrons. The minimum Gasteiger partial charge on any atom is -0.481 e. The summed E-state index contributed by atoms with van der Waals surface area (Å²) < 4.78 is 0. The molecule has 4 rings (SSSR count). The molecule has 0 aromatic heterocycles. The number of carboxylic acid groups (broad SMARTS) is 1. The monoisotopic (exact) mass is 415 g/mol. The molecule has 3 aromatic carbocycles. The molecule has 3 atom stereocenters. The van der Waals surface area contributed by atoms with E-state index >= 15 is 0 Å². The predicted molar refractivity (Wildman–Crippen MR) is 124 cm³/mol. The molecule has 4 nitrogen and oxygen atoms in total. The number of aliphatic carboxylic acids is 1. The number of rotatable bonds is 6. The van der Waals surface area contributed by atoms with Gasteiger partial charge in [-0.3, -0.25) is 9.59 Å². The molecular weight excluding hydrogens is 386 g/mol. The molecule has 3 aromatic rings. The lowest BCUT2D eigenvalue weighted by Crippen LogP contribution is -2.29. The molecule has 0 spiro atoms. The Balaban J connectivity index is 1.54. The molecule has 1 amide bonds. The van der Waals surface area contributed by atoms with Gasteiger partial charge < -0.3 is 10.4 Å². The highest BCUT2D eigenvalue weighted by Crippen LogP contribution is 2.35. The van der Waals surface area contributed by atoms with E-state index in [1.54, 1.807) is 0 Å². The van der Waals surface area contributed by atoms with E-state index in [0.29, 0.717) is 6.42 Å². The van der Waals surface area contributed by atoms with Crippen LogP contribution in [0.3, 0.4) is 0 Å². The first kappa shape index (κ1) is 21.1. The Morgan fingerprint density at radius 3 is 2.52 bits per heavy atom. The van der Waals surface area contributed by atoms with Crippen LogP contribution < -0.4 is 5.32 Å². The van der Waals surface area contributed by atoms with E-state index in [1.807, 2.05) is 55.5 Å². The third kappa shape index (κ3) is 4.63. The van der Waals surface area contributed by atoms with Gasteiger partial charge in [-0.15, -0.1) is 0 Å². The van der Waals surface area contributed by atoms with E-state index in [2.05, 4.69) is 23.5 Å². The summed E-state index contributed by atoms with van der Waals surface area (Å²) in [6, 6.07) is 22.0. The maximum atomic E-state index is 13.2. The van der Waals surface area contributed by atoms with E-state index in [0.717, 1.165) is 53.3 Å². The van der Waals surface area contributed by atoms with Crippen LogP contribution in [0.25, 0.3) is 10.8 Å². The number of fused-ring (bicyclic) bond motifs is 1. The van der Waals surface area contributed by atoms with Gasteiger partial charge in [0.05, 0.1) is 11.8 Å². The van der Waals surface area contributed by atoms with Gasteiger partial charge in [0.15, 0.2) is 0 Å². The van der Waals surface area contributed by atoms with Crippen molar-refractivity contribution in [1.29, 1.82) is 0 Å². The lowest BCUT2D eigenvalue weighted by Gasteiger charge is -2.29. The summed E-state index contributed by atoms with van der Waals surface area (Å²) in [5.41, 5.74) is 2.81. The van der Waals surface area contributed by atoms with Crippen molar-refractivity contribution in [3.05, 3.63) is 77.9 Å². The first-order chi connectivity index (χ1) is 15.0. The van der Waals surface area contributed by atoms with E-state index in [4.69, 9.17) is 0 Å². The van der Waals surface area contributed by atoms with Crippen LogP contribution in [-0.4, -0.2) is 17.0 Å². The molecule has 0 saturated heterocycles. The van der Waals surface area contributed by atoms with Crippen molar-refractivity contribution in [2.45, 2.75) is 44.9 Å². The van der Waals surface area contributed by atoms with Crippen LogP contribution in [-0.2, 0) is 16.0 Å². The molecule has 1 aliphatic rings. The number of carboxylic acids is 1. The summed E-state index contributed by atoms with van der Waals surface area (Å²) in [5.74, 6) is -1.24. The van der Waals surface area contributed by atoms with Crippen LogP contribution in [0.4, 0.5) is 5.69 Å². The number of carbonyl (C=O) groups excluding carboxylic acids is 1. The summed E-state index contributed by atoms with van der Waals surface area (Å²) in [7, 11) is 0. The van der Waals surface area contributed by atoms with Gasteiger partial charge in [0, 0.05) is 5.69 Å². The topological polar surface area (TPSA) is 66.4 Å². The molecule has 0 heterocycles. The van der Waals surface area contributed by atoms with Gasteiger partial charge in [-0.2, -0.15) is 0 Å². The van der Waals surface area contributed by atoms with Crippen molar-refractivity contribution in [2.24, 2.45) is 11.8 Å². The average molecular weight is 416 g/mol. The van der Waals surface area contributed by atoms with Gasteiger partial charge in [0.2, 0.25) is 5.91 Å².